The Kier molecular flexibility index (Phi) is 5.84. The Morgan fingerprint density at radius 1 is 0.520 bits per heavy atom. The molecule has 0 saturated heterocycles. The van der Waals surface area contributed by atoms with E-state index >= 15 is 0 Å². The van der Waals surface area contributed by atoms with Crippen molar-refractivity contribution in [3.63, 3.8) is 0 Å². The fourth-order valence-electron chi connectivity index (χ4n) is 8.76. The zero-order valence-corrected chi connectivity index (χ0v) is 29.4. The first kappa shape index (κ1) is 29.6. The van der Waals surface area contributed by atoms with Crippen LogP contribution in [0.25, 0.3) is 54.5 Å². The highest BCUT2D eigenvalue weighted by Gasteiger charge is 2.43. The van der Waals surface area contributed by atoms with Crippen molar-refractivity contribution in [1.82, 2.24) is 4.48 Å². The molecule has 242 valence electrons. The fraction of sp³-hybridized carbons (Fsp3) is 0.174. The molecule has 0 amide bonds. The molecule has 2 aliphatic rings. The van der Waals surface area contributed by atoms with E-state index in [2.05, 4.69) is 154 Å². The number of rotatable bonds is 1. The van der Waals surface area contributed by atoms with Crippen molar-refractivity contribution in [2.75, 3.05) is 4.90 Å². The van der Waals surface area contributed by atoms with E-state index in [0.717, 1.165) is 16.2 Å². The van der Waals surface area contributed by atoms with E-state index < -0.39 is 0 Å². The van der Waals surface area contributed by atoms with Gasteiger partial charge in [0.05, 0.1) is 0 Å². The summed E-state index contributed by atoms with van der Waals surface area (Å²) in [6.07, 6.45) is 0. The molecule has 4 heteroatoms. The third-order valence-electron chi connectivity index (χ3n) is 11.3. The van der Waals surface area contributed by atoms with Crippen molar-refractivity contribution in [2.45, 2.75) is 52.4 Å². The Labute approximate surface area is 292 Å². The molecule has 0 atom stereocenters. The Hall–Kier alpha value is -5.35. The van der Waals surface area contributed by atoms with Crippen LogP contribution in [0.4, 0.5) is 21.5 Å². The maximum Gasteiger partial charge on any atom is 0.333 e. The molecule has 8 aromatic rings. The standard InChI is InChI=1S/C46H38BFN2/c1-45(2,3)30-24-31(46(4,5)6)26-33(25-30)49-40-16-10-12-35-37-14-9-13-36-34-11-7-8-15-39(34)50(44(36)37)47(42(35)40)43-38-23-27-17-19-32(48)22-29(27)21-28(38)18-20-41(43)49/h7-26H,1-6H3. The van der Waals surface area contributed by atoms with Gasteiger partial charge in [0.25, 0.3) is 0 Å². The molecule has 50 heavy (non-hydrogen) atoms. The summed E-state index contributed by atoms with van der Waals surface area (Å²) in [7, 11) is 0. The number of halogens is 1. The van der Waals surface area contributed by atoms with Crippen LogP contribution in [0.3, 0.4) is 0 Å². The third kappa shape index (κ3) is 4.02. The minimum atomic E-state index is -0.210. The van der Waals surface area contributed by atoms with Gasteiger partial charge in [-0.3, -0.25) is 0 Å². The number of hydrogen-bond acceptors (Lipinski definition) is 1. The van der Waals surface area contributed by atoms with Crippen molar-refractivity contribution in [2.24, 2.45) is 0 Å². The highest BCUT2D eigenvalue weighted by atomic mass is 19.1. The first-order valence-corrected chi connectivity index (χ1v) is 17.7. The summed E-state index contributed by atoms with van der Waals surface area (Å²) >= 11 is 0. The summed E-state index contributed by atoms with van der Waals surface area (Å²) < 4.78 is 17.1. The Morgan fingerprint density at radius 2 is 1.20 bits per heavy atom. The van der Waals surface area contributed by atoms with Crippen LogP contribution in [0, 0.1) is 5.82 Å². The number of benzene rings is 7. The number of fused-ring (bicyclic) bond motifs is 10. The average Bonchev–Trinajstić information content (AvgIpc) is 3.43. The van der Waals surface area contributed by atoms with E-state index in [1.807, 2.05) is 6.07 Å². The molecule has 1 aromatic heterocycles. The first-order chi connectivity index (χ1) is 24.0. The number of para-hydroxylation sites is 2. The molecular weight excluding hydrogens is 610 g/mol. The molecule has 0 bridgehead atoms. The highest BCUT2D eigenvalue weighted by molar-refractivity contribution is 6.91. The quantitative estimate of drug-likeness (QED) is 0.127. The normalized spacial score (nSPS) is 13.8. The molecule has 0 unspecified atom stereocenters. The SMILES string of the molecule is CC(C)(C)c1cc(N2c3cccc4c3B(c3c2ccc2cc5cc(F)ccc5cc32)n2c3ccccc3c3cccc-4c32)cc(C(C)(C)C)c1. The van der Waals surface area contributed by atoms with E-state index in [-0.39, 0.29) is 23.5 Å². The third-order valence-corrected chi connectivity index (χ3v) is 11.3. The fourth-order valence-corrected chi connectivity index (χ4v) is 8.76. The van der Waals surface area contributed by atoms with Gasteiger partial charge in [0, 0.05) is 44.4 Å². The summed E-state index contributed by atoms with van der Waals surface area (Å²) in [6, 6.07) is 43.9. The van der Waals surface area contributed by atoms with Crippen LogP contribution in [-0.4, -0.2) is 11.3 Å². The van der Waals surface area contributed by atoms with Crippen molar-refractivity contribution in [1.29, 1.82) is 0 Å². The minimum absolute atomic E-state index is 0.0283. The monoisotopic (exact) mass is 648 g/mol. The molecule has 0 aliphatic carbocycles. The van der Waals surface area contributed by atoms with Gasteiger partial charge in [-0.1, -0.05) is 108 Å². The maximum absolute atomic E-state index is 14.5. The van der Waals surface area contributed by atoms with Crippen LogP contribution in [0.15, 0.2) is 121 Å². The summed E-state index contributed by atoms with van der Waals surface area (Å²) in [5.74, 6) is -0.210. The minimum Gasteiger partial charge on any atom is -0.375 e. The maximum atomic E-state index is 14.5. The second-order valence-corrected chi connectivity index (χ2v) is 16.4. The van der Waals surface area contributed by atoms with Gasteiger partial charge < -0.3 is 9.38 Å². The molecule has 2 aliphatic heterocycles. The summed E-state index contributed by atoms with van der Waals surface area (Å²) in [5.41, 5.74) is 13.9. The van der Waals surface area contributed by atoms with Gasteiger partial charge in [-0.05, 0) is 115 Å². The lowest BCUT2D eigenvalue weighted by molar-refractivity contribution is 0.569. The van der Waals surface area contributed by atoms with Gasteiger partial charge in [0.15, 0.2) is 0 Å². The smallest absolute Gasteiger partial charge is 0.333 e. The largest absolute Gasteiger partial charge is 0.375 e. The molecule has 10 rings (SSSR count). The van der Waals surface area contributed by atoms with Crippen molar-refractivity contribution < 1.29 is 4.39 Å². The van der Waals surface area contributed by atoms with Crippen molar-refractivity contribution in [3.05, 3.63) is 138 Å². The lowest BCUT2D eigenvalue weighted by Crippen LogP contribution is -2.57. The second kappa shape index (κ2) is 9.88. The molecule has 0 spiro atoms. The molecule has 0 saturated carbocycles. The lowest BCUT2D eigenvalue weighted by Gasteiger charge is -2.41. The summed E-state index contributed by atoms with van der Waals surface area (Å²) in [6.45, 7) is 13.8. The topological polar surface area (TPSA) is 8.17 Å². The van der Waals surface area contributed by atoms with E-state index in [9.17, 15) is 4.39 Å². The molecule has 0 N–H and O–H groups in total. The van der Waals surface area contributed by atoms with Gasteiger partial charge in [0.1, 0.15) is 5.82 Å². The molecule has 2 nitrogen and oxygen atoms in total. The number of anilines is 3. The zero-order valence-electron chi connectivity index (χ0n) is 29.4. The predicted molar refractivity (Wildman–Crippen MR) is 212 cm³/mol. The molecule has 7 aromatic carbocycles. The number of hydrogen-bond donors (Lipinski definition) is 0. The van der Waals surface area contributed by atoms with E-state index in [0.29, 0.717) is 0 Å². The van der Waals surface area contributed by atoms with Gasteiger partial charge in [-0.2, -0.15) is 0 Å². The van der Waals surface area contributed by atoms with Gasteiger partial charge in [0.2, 0.25) is 0 Å². The van der Waals surface area contributed by atoms with E-state index in [1.54, 1.807) is 12.1 Å². The van der Waals surface area contributed by atoms with Crippen LogP contribution >= 0.6 is 0 Å². The lowest BCUT2D eigenvalue weighted by atomic mass is 9.44. The van der Waals surface area contributed by atoms with Gasteiger partial charge in [-0.15, -0.1) is 0 Å². The molecule has 0 radical (unpaired) electrons. The van der Waals surface area contributed by atoms with Crippen LogP contribution < -0.4 is 15.8 Å². The van der Waals surface area contributed by atoms with Crippen LogP contribution in [0.1, 0.15) is 52.7 Å². The first-order valence-electron chi connectivity index (χ1n) is 17.7. The van der Waals surface area contributed by atoms with Crippen molar-refractivity contribution in [3.8, 4) is 11.1 Å². The molecule has 0 fully saturated rings. The van der Waals surface area contributed by atoms with Crippen molar-refractivity contribution >= 4 is 78.2 Å². The molecule has 3 heterocycles. The van der Waals surface area contributed by atoms with Gasteiger partial charge >= 0.3 is 6.85 Å². The summed E-state index contributed by atoms with van der Waals surface area (Å²) in [4.78, 5) is 2.53. The number of aromatic nitrogens is 1. The van der Waals surface area contributed by atoms with Crippen LogP contribution in [0.5, 0.6) is 0 Å². The second-order valence-electron chi connectivity index (χ2n) is 16.4. The molecular formula is C46H38BFN2. The zero-order chi connectivity index (χ0) is 34.3. The highest BCUT2D eigenvalue weighted by Crippen LogP contribution is 2.47. The Bertz CT molecular complexity index is 2730. The van der Waals surface area contributed by atoms with Gasteiger partial charge in [-0.25, -0.2) is 4.39 Å². The van der Waals surface area contributed by atoms with E-state index in [1.165, 1.54) is 77.4 Å². The average molecular weight is 649 g/mol. The van der Waals surface area contributed by atoms with Crippen LogP contribution in [-0.2, 0) is 10.8 Å². The number of nitrogens with zero attached hydrogens (tertiary/aromatic N) is 2. The van der Waals surface area contributed by atoms with E-state index in [4.69, 9.17) is 0 Å². The predicted octanol–water partition coefficient (Wildman–Crippen LogP) is 11.3. The Balaban J connectivity index is 1.39. The van der Waals surface area contributed by atoms with Crippen LogP contribution in [0.2, 0.25) is 0 Å². The Morgan fingerprint density at radius 3 is 1.98 bits per heavy atom. The summed E-state index contributed by atoms with van der Waals surface area (Å²) in [5, 5.41) is 6.84.